The summed E-state index contributed by atoms with van der Waals surface area (Å²) in [5.74, 6) is -9.81. The lowest BCUT2D eigenvalue weighted by Crippen LogP contribution is -2.16. The molecule has 0 aliphatic carbocycles. The fraction of sp³-hybridized carbons (Fsp3) is 0.222. The molecular formula is C9H6F4O6S2. The number of carboxylic acids is 1. The van der Waals surface area contributed by atoms with Crippen molar-refractivity contribution in [1.29, 1.82) is 0 Å². The highest BCUT2D eigenvalue weighted by atomic mass is 32.2. The van der Waals surface area contributed by atoms with Crippen LogP contribution in [0.2, 0.25) is 0 Å². The van der Waals surface area contributed by atoms with E-state index >= 15 is 0 Å². The second-order valence-corrected chi connectivity index (χ2v) is 7.45. The molecule has 0 fully saturated rings. The highest BCUT2D eigenvalue weighted by molar-refractivity contribution is 7.92. The Balaban J connectivity index is 3.73. The zero-order chi connectivity index (χ0) is 16.6. The van der Waals surface area contributed by atoms with E-state index in [0.29, 0.717) is 0 Å². The van der Waals surface area contributed by atoms with Crippen LogP contribution >= 0.6 is 0 Å². The molecule has 0 heterocycles. The lowest BCUT2D eigenvalue weighted by atomic mass is 10.2. The predicted octanol–water partition coefficient (Wildman–Crippen LogP) is 1.38. The average molecular weight is 350 g/mol. The maximum Gasteiger partial charge on any atom is 0.341 e. The molecule has 1 rings (SSSR count). The molecular weight excluding hydrogens is 344 g/mol. The van der Waals surface area contributed by atoms with Crippen LogP contribution in [0.4, 0.5) is 17.6 Å². The molecule has 1 aromatic carbocycles. The quantitative estimate of drug-likeness (QED) is 0.804. The minimum atomic E-state index is -5.35. The third kappa shape index (κ3) is 3.32. The number of rotatable bonds is 5. The molecule has 0 saturated carbocycles. The minimum absolute atomic E-state index is 0.0649. The summed E-state index contributed by atoms with van der Waals surface area (Å²) in [6.45, 7) is 0. The van der Waals surface area contributed by atoms with Gasteiger partial charge in [0.25, 0.3) is 0 Å². The SMILES string of the molecule is O=C(O)c1cc(S(=O)(=O)C(F)F)cc(S(=O)(=O)C(F)F)c1. The Hall–Kier alpha value is -1.69. The molecule has 0 aliphatic heterocycles. The Morgan fingerprint density at radius 3 is 1.43 bits per heavy atom. The summed E-state index contributed by atoms with van der Waals surface area (Å²) in [5.41, 5.74) is -1.03. The van der Waals surface area contributed by atoms with E-state index in [9.17, 15) is 39.2 Å². The molecule has 0 spiro atoms. The molecule has 1 aromatic rings. The van der Waals surface area contributed by atoms with E-state index in [1.807, 2.05) is 0 Å². The van der Waals surface area contributed by atoms with Crippen molar-refractivity contribution in [3.63, 3.8) is 0 Å². The summed E-state index contributed by atoms with van der Waals surface area (Å²) in [6.07, 6.45) is 0. The minimum Gasteiger partial charge on any atom is -0.478 e. The van der Waals surface area contributed by atoms with Gasteiger partial charge in [-0.25, -0.2) is 21.6 Å². The molecule has 0 amide bonds. The van der Waals surface area contributed by atoms with Crippen molar-refractivity contribution in [3.05, 3.63) is 23.8 Å². The van der Waals surface area contributed by atoms with Gasteiger partial charge in [-0.3, -0.25) is 0 Å². The van der Waals surface area contributed by atoms with Gasteiger partial charge in [0.2, 0.25) is 19.7 Å². The van der Waals surface area contributed by atoms with Crippen LogP contribution in [-0.2, 0) is 19.7 Å². The van der Waals surface area contributed by atoms with Crippen LogP contribution < -0.4 is 0 Å². The average Bonchev–Trinajstić information content (AvgIpc) is 2.37. The zero-order valence-electron chi connectivity index (χ0n) is 9.70. The van der Waals surface area contributed by atoms with Gasteiger partial charge in [0.1, 0.15) is 0 Å². The van der Waals surface area contributed by atoms with E-state index in [2.05, 4.69) is 0 Å². The first-order chi connectivity index (χ1) is 9.40. The molecule has 1 N–H and O–H groups in total. The van der Waals surface area contributed by atoms with Gasteiger partial charge >= 0.3 is 17.5 Å². The third-order valence-corrected chi connectivity index (χ3v) is 4.98. The molecule has 0 radical (unpaired) electrons. The van der Waals surface area contributed by atoms with Crippen LogP contribution in [0.5, 0.6) is 0 Å². The second kappa shape index (κ2) is 5.60. The molecule has 0 atom stereocenters. The van der Waals surface area contributed by atoms with Gasteiger partial charge in [-0.15, -0.1) is 0 Å². The van der Waals surface area contributed by atoms with E-state index in [-0.39, 0.29) is 18.2 Å². The number of hydrogen-bond donors (Lipinski definition) is 1. The summed E-state index contributed by atoms with van der Waals surface area (Å²) in [7, 11) is -10.7. The van der Waals surface area contributed by atoms with Gasteiger partial charge in [0.05, 0.1) is 15.4 Å². The lowest BCUT2D eigenvalue weighted by Gasteiger charge is -2.08. The van der Waals surface area contributed by atoms with E-state index < -0.39 is 52.5 Å². The Labute approximate surface area is 115 Å². The first-order valence-electron chi connectivity index (χ1n) is 4.83. The summed E-state index contributed by atoms with van der Waals surface area (Å²) < 4.78 is 94.5. The fourth-order valence-electron chi connectivity index (χ4n) is 1.23. The molecule has 0 aromatic heterocycles. The number of hydrogen-bond acceptors (Lipinski definition) is 5. The molecule has 0 unspecified atom stereocenters. The lowest BCUT2D eigenvalue weighted by molar-refractivity contribution is 0.0696. The number of alkyl halides is 4. The van der Waals surface area contributed by atoms with Crippen molar-refractivity contribution in [2.45, 2.75) is 21.3 Å². The largest absolute Gasteiger partial charge is 0.478 e. The number of sulfone groups is 2. The molecule has 0 aliphatic rings. The third-order valence-electron chi connectivity index (χ3n) is 2.25. The van der Waals surface area contributed by atoms with E-state index in [0.717, 1.165) is 0 Å². The van der Waals surface area contributed by atoms with Crippen LogP contribution in [0.3, 0.4) is 0 Å². The van der Waals surface area contributed by atoms with Crippen molar-refractivity contribution < 1.29 is 44.3 Å². The van der Waals surface area contributed by atoms with Gasteiger partial charge in [-0.1, -0.05) is 0 Å². The molecule has 0 saturated heterocycles. The molecule has 0 bridgehead atoms. The van der Waals surface area contributed by atoms with Gasteiger partial charge in [-0.2, -0.15) is 17.6 Å². The van der Waals surface area contributed by atoms with Gasteiger partial charge in [-0.05, 0) is 18.2 Å². The number of carboxylic acid groups (broad SMARTS) is 1. The molecule has 21 heavy (non-hydrogen) atoms. The highest BCUT2D eigenvalue weighted by Crippen LogP contribution is 2.26. The van der Waals surface area contributed by atoms with Crippen molar-refractivity contribution in [2.75, 3.05) is 0 Å². The normalized spacial score (nSPS) is 12.9. The smallest absolute Gasteiger partial charge is 0.341 e. The predicted molar refractivity (Wildman–Crippen MR) is 59.8 cm³/mol. The van der Waals surface area contributed by atoms with Crippen molar-refractivity contribution in [3.8, 4) is 0 Å². The van der Waals surface area contributed by atoms with E-state index in [4.69, 9.17) is 5.11 Å². The van der Waals surface area contributed by atoms with Gasteiger partial charge < -0.3 is 5.11 Å². The summed E-state index contributed by atoms with van der Waals surface area (Å²) in [6, 6.07) is 0.581. The maximum atomic E-state index is 12.4. The van der Waals surface area contributed by atoms with Crippen LogP contribution in [-0.4, -0.2) is 39.4 Å². The second-order valence-electron chi connectivity index (χ2n) is 3.61. The molecule has 12 heteroatoms. The van der Waals surface area contributed by atoms with Crippen LogP contribution in [0.15, 0.2) is 28.0 Å². The number of halogens is 4. The monoisotopic (exact) mass is 350 g/mol. The van der Waals surface area contributed by atoms with Crippen molar-refractivity contribution >= 4 is 25.6 Å². The Morgan fingerprint density at radius 1 is 0.857 bits per heavy atom. The zero-order valence-corrected chi connectivity index (χ0v) is 11.3. The van der Waals surface area contributed by atoms with Crippen LogP contribution in [0.1, 0.15) is 10.4 Å². The van der Waals surface area contributed by atoms with Crippen molar-refractivity contribution in [1.82, 2.24) is 0 Å². The Kier molecular flexibility index (Phi) is 4.63. The van der Waals surface area contributed by atoms with Gasteiger partial charge in [0, 0.05) is 0 Å². The Bertz CT molecular complexity index is 713. The summed E-state index contributed by atoms with van der Waals surface area (Å²) in [4.78, 5) is 7.98. The topological polar surface area (TPSA) is 106 Å². The van der Waals surface area contributed by atoms with Gasteiger partial charge in [0.15, 0.2) is 0 Å². The van der Waals surface area contributed by atoms with Crippen molar-refractivity contribution in [2.24, 2.45) is 0 Å². The first kappa shape index (κ1) is 17.4. The first-order valence-corrected chi connectivity index (χ1v) is 7.92. The highest BCUT2D eigenvalue weighted by Gasteiger charge is 2.32. The fourth-order valence-corrected chi connectivity index (χ4v) is 2.88. The summed E-state index contributed by atoms with van der Waals surface area (Å²) >= 11 is 0. The molecule has 118 valence electrons. The Morgan fingerprint density at radius 2 is 1.19 bits per heavy atom. The van der Waals surface area contributed by atoms with E-state index in [1.54, 1.807) is 0 Å². The van der Waals surface area contributed by atoms with Crippen LogP contribution in [0.25, 0.3) is 0 Å². The number of aromatic carboxylic acids is 1. The summed E-state index contributed by atoms with van der Waals surface area (Å²) in [5, 5.41) is 8.68. The standard InChI is InChI=1S/C9H6F4O6S2/c10-8(11)20(16,17)5-1-4(7(14)15)2-6(3-5)21(18,19)9(12)13/h1-3,8-9H,(H,14,15). The number of carbonyl (C=O) groups is 1. The number of benzene rings is 1. The van der Waals surface area contributed by atoms with Crippen LogP contribution in [0, 0.1) is 0 Å². The molecule has 6 nitrogen and oxygen atoms in total. The van der Waals surface area contributed by atoms with E-state index in [1.165, 1.54) is 0 Å². The maximum absolute atomic E-state index is 12.4.